The van der Waals surface area contributed by atoms with Crippen LogP contribution in [-0.2, 0) is 21.7 Å². The molecule has 0 saturated heterocycles. The van der Waals surface area contributed by atoms with Crippen LogP contribution >= 0.6 is 0 Å². The molecule has 0 saturated carbocycles. The summed E-state index contributed by atoms with van der Waals surface area (Å²) in [7, 11) is -20.0. The van der Waals surface area contributed by atoms with Crippen LogP contribution in [0.2, 0.25) is 177 Å². The Bertz CT molecular complexity index is 2190. The van der Waals surface area contributed by atoms with Crippen LogP contribution in [-0.4, -0.2) is 80.7 Å². The first-order valence-corrected chi connectivity index (χ1v) is 58.5. The molecule has 0 nitrogen and oxygen atoms in total. The van der Waals surface area contributed by atoms with Crippen LogP contribution in [0.1, 0.15) is 22.3 Å². The maximum Gasteiger partial charge on any atom is 4.00 e. The number of hydrogen-bond donors (Lipinski definition) is 0. The first-order valence-electron chi connectivity index (χ1n) is 25.0. The second kappa shape index (κ2) is 21.8. The van der Waals surface area contributed by atoms with Crippen molar-refractivity contribution in [3.8, 4) is 0 Å². The summed E-state index contributed by atoms with van der Waals surface area (Å²) in [6.45, 7) is 82.2. The Labute approximate surface area is 465 Å². The maximum absolute atomic E-state index is 3.22. The van der Waals surface area contributed by atoms with E-state index in [0.29, 0.717) is 0 Å². The largest absolute Gasteiger partial charge is 4.00 e. The van der Waals surface area contributed by atoms with Gasteiger partial charge in [0, 0.05) is 0 Å². The van der Waals surface area contributed by atoms with E-state index in [1.165, 1.54) is 11.1 Å². The van der Waals surface area contributed by atoms with Crippen LogP contribution in [0.4, 0.5) is 0 Å². The van der Waals surface area contributed by atoms with Crippen molar-refractivity contribution in [3.63, 3.8) is 0 Å². The van der Waals surface area contributed by atoms with Gasteiger partial charge >= 0.3 is 21.7 Å². The van der Waals surface area contributed by atoms with Crippen LogP contribution in [0.25, 0.3) is 0 Å². The van der Waals surface area contributed by atoms with Crippen molar-refractivity contribution in [2.75, 3.05) is 0 Å². The van der Waals surface area contributed by atoms with E-state index in [1.54, 1.807) is 78.6 Å². The number of rotatable bonds is 13. The average molecular weight is 1180 g/mol. The summed E-state index contributed by atoms with van der Waals surface area (Å²) >= 11 is 0. The third-order valence-electron chi connectivity index (χ3n) is 14.8. The predicted octanol–water partition coefficient (Wildman–Crippen LogP) is -0.0671. The number of halogens is 3. The van der Waals surface area contributed by atoms with Gasteiger partial charge in [-0.05, 0) is 0 Å². The fourth-order valence-corrected chi connectivity index (χ4v) is 42.4. The van der Waals surface area contributed by atoms with Gasteiger partial charge in [0.25, 0.3) is 0 Å². The molecule has 0 atom stereocenters. The monoisotopic (exact) mass is 1180 g/mol. The third kappa shape index (κ3) is 13.4. The molecule has 0 aliphatic carbocycles. The molecule has 0 aliphatic rings. The van der Waals surface area contributed by atoms with Gasteiger partial charge in [-0.3, -0.25) is 0 Å². The van der Waals surface area contributed by atoms with Crippen LogP contribution in [0.5, 0.6) is 0 Å². The Morgan fingerprint density at radius 3 is 0.485 bits per heavy atom. The van der Waals surface area contributed by atoms with E-state index in [4.69, 9.17) is 0 Å². The third-order valence-corrected chi connectivity index (χ3v) is 39.7. The summed E-state index contributed by atoms with van der Waals surface area (Å²) in [4.78, 5) is 0. The fourth-order valence-electron chi connectivity index (χ4n) is 10.9. The molecule has 68 heavy (non-hydrogen) atoms. The molecule has 14 heteroatoms. The molecule has 380 valence electrons. The summed E-state index contributed by atoms with van der Waals surface area (Å²) < 4.78 is 0. The van der Waals surface area contributed by atoms with Crippen LogP contribution in [0.15, 0.2) is 36.4 Å². The number of benzene rings is 3. The molecule has 0 radical (unpaired) electrons. The Morgan fingerprint density at radius 1 is 0.235 bits per heavy atom. The normalized spacial score (nSPS) is 13.6. The van der Waals surface area contributed by atoms with Gasteiger partial charge in [0.05, 0.1) is 72.7 Å². The van der Waals surface area contributed by atoms with Crippen molar-refractivity contribution in [2.24, 2.45) is 0 Å². The van der Waals surface area contributed by atoms with E-state index in [0.717, 1.165) is 0 Å². The van der Waals surface area contributed by atoms with Crippen LogP contribution in [0.3, 0.4) is 0 Å². The van der Waals surface area contributed by atoms with Crippen molar-refractivity contribution >= 4 is 148 Å². The summed E-state index contributed by atoms with van der Waals surface area (Å²) in [5.74, 6) is 0. The maximum atomic E-state index is 3.03. The molecular weight excluding hydrogens is 1080 g/mol. The zero-order valence-electron chi connectivity index (χ0n) is 49.6. The molecule has 0 unspecified atom stereocenters. The Balaban J connectivity index is 0.0000112. The Kier molecular flexibility index (Phi) is 22.0. The molecule has 0 aromatic heterocycles. The van der Waals surface area contributed by atoms with E-state index in [9.17, 15) is 0 Å². The van der Waals surface area contributed by atoms with E-state index in [2.05, 4.69) is 241 Å². The topological polar surface area (TPSA) is 0 Å². The molecule has 4 rings (SSSR count). The average Bonchev–Trinajstić information content (AvgIpc) is 3.26. The van der Waals surface area contributed by atoms with Gasteiger partial charge in [0.2, 0.25) is 0 Å². The minimum Gasteiger partial charge on any atom is -1.00 e. The molecule has 4 aromatic carbocycles. The molecule has 0 aliphatic heterocycles. The van der Waals surface area contributed by atoms with Gasteiger partial charge in [-0.1, -0.05) is 303 Å². The van der Waals surface area contributed by atoms with Gasteiger partial charge in [0.1, 0.15) is 8.07 Å². The van der Waals surface area contributed by atoms with Gasteiger partial charge in [-0.25, -0.2) is 0 Å². The van der Waals surface area contributed by atoms with E-state index < -0.39 is 80.7 Å². The predicted molar refractivity (Wildman–Crippen MR) is 331 cm³/mol. The SMILES string of the molecule is Cc1c(C)c(C)[c-]([Si](c2cc([Si](C)(C)C)c([Si](C)(C)C)cc2[Si](C)(C)C)(c2cc([Si](C)(C)C)c([Si](C)(C)C)cc2[Si](C)(C)C)c2cc([Si](C)(C)C)c([Si](C)(C)C)cc2[Si](C)(C)C)c1C.[Cl-].[Cl-].[Cl-].[Ti+4]. The van der Waals surface area contributed by atoms with Crippen molar-refractivity contribution < 1.29 is 58.9 Å². The van der Waals surface area contributed by atoms with E-state index >= 15 is 0 Å². The minimum atomic E-state index is -3.22. The summed E-state index contributed by atoms with van der Waals surface area (Å²) in [6, 6.07) is 17.9. The van der Waals surface area contributed by atoms with Gasteiger partial charge in [-0.15, -0.1) is 5.19 Å². The zero-order chi connectivity index (χ0) is 50.1. The second-order valence-corrected chi connectivity index (χ2v) is 78.7. The molecule has 0 amide bonds. The second-order valence-electron chi connectivity index (χ2n) is 29.7. The first kappa shape index (κ1) is 68.8. The fraction of sp³-hybridized carbons (Fsp3) is 0.574. The van der Waals surface area contributed by atoms with Gasteiger partial charge in [-0.2, -0.15) is 22.3 Å². The van der Waals surface area contributed by atoms with E-state index in [1.807, 2.05) is 0 Å². The van der Waals surface area contributed by atoms with Crippen molar-refractivity contribution in [1.82, 2.24) is 0 Å². The smallest absolute Gasteiger partial charge is 1.00 e. The minimum absolute atomic E-state index is 0. The molecule has 0 bridgehead atoms. The molecule has 0 spiro atoms. The molecular formula is C54H99Cl3Si10Ti. The summed E-state index contributed by atoms with van der Waals surface area (Å²) in [5.41, 5.74) is 6.23. The molecule has 0 fully saturated rings. The van der Waals surface area contributed by atoms with Crippen LogP contribution < -0.4 is 105 Å². The zero-order valence-corrected chi connectivity index (χ0v) is 63.4. The first-order chi connectivity index (χ1) is 28.1. The Morgan fingerprint density at radius 2 is 0.353 bits per heavy atom. The van der Waals surface area contributed by atoms with Crippen LogP contribution in [0, 0.1) is 27.7 Å². The molecule has 0 N–H and O–H groups in total. The quantitative estimate of drug-likeness (QED) is 0.100. The van der Waals surface area contributed by atoms with Gasteiger partial charge in [0.15, 0.2) is 0 Å². The number of hydrogen-bond acceptors (Lipinski definition) is 0. The molecule has 0 heterocycles. The van der Waals surface area contributed by atoms with Gasteiger partial charge < -0.3 is 37.2 Å². The standard InChI is InChI=1S/C54H99Si10.3ClH.Ti/c1-38-39(2)41(4)54(40(38)3)64(51-35-45(58(14,15)16)42(55(5,6)7)32-48(51)61(23,24)25,52-36-46(59(17,18)19)43(56(8,9)10)33-49(52)62(26,27)28)53-37-47(60(20,21)22)44(57(11,12)13)34-50(53)63(29,30)31;;;;/h32-37H,1-31H3;3*1H;/q-1;;;;+4/p-3. The summed E-state index contributed by atoms with van der Waals surface area (Å²) in [6.07, 6.45) is 0. The summed E-state index contributed by atoms with van der Waals surface area (Å²) in [5, 5.41) is 23.0. The Hall–Kier alpha value is 0.763. The van der Waals surface area contributed by atoms with Crippen molar-refractivity contribution in [2.45, 2.75) is 204 Å². The molecule has 4 aromatic rings. The van der Waals surface area contributed by atoms with Crippen molar-refractivity contribution in [1.29, 1.82) is 0 Å². The van der Waals surface area contributed by atoms with E-state index in [-0.39, 0.29) is 58.9 Å². The van der Waals surface area contributed by atoms with Crippen molar-refractivity contribution in [3.05, 3.63) is 58.7 Å².